The predicted octanol–water partition coefficient (Wildman–Crippen LogP) is 1.15. The Hall–Kier alpha value is -0.800. The van der Waals surface area contributed by atoms with Crippen LogP contribution in [0.15, 0.2) is 23.4 Å². The van der Waals surface area contributed by atoms with Gasteiger partial charge in [-0.3, -0.25) is 4.90 Å². The zero-order valence-corrected chi connectivity index (χ0v) is 11.0. The van der Waals surface area contributed by atoms with Crippen molar-refractivity contribution in [3.05, 3.63) is 23.4 Å². The minimum atomic E-state index is 0.689. The van der Waals surface area contributed by atoms with Gasteiger partial charge in [0.2, 0.25) is 0 Å². The zero-order valence-electron chi connectivity index (χ0n) is 11.0. The molecule has 1 aliphatic carbocycles. The van der Waals surface area contributed by atoms with E-state index in [1.165, 1.54) is 51.3 Å². The fraction of sp³-hybridized carbons (Fsp3) is 0.714. The predicted molar refractivity (Wildman–Crippen MR) is 70.9 cm³/mol. The number of nitrogens with zero attached hydrogens (tertiary/aromatic N) is 3. The van der Waals surface area contributed by atoms with Gasteiger partial charge in [-0.05, 0) is 31.5 Å². The molecule has 1 atom stereocenters. The van der Waals surface area contributed by atoms with Crippen molar-refractivity contribution in [3.63, 3.8) is 0 Å². The van der Waals surface area contributed by atoms with Gasteiger partial charge in [0.15, 0.2) is 0 Å². The van der Waals surface area contributed by atoms with Crippen LogP contribution >= 0.6 is 0 Å². The number of likely N-dealkylation sites (N-methyl/N-ethyl adjacent to an activating group) is 2. The van der Waals surface area contributed by atoms with Crippen molar-refractivity contribution >= 4 is 0 Å². The molecule has 1 unspecified atom stereocenters. The Balaban J connectivity index is 1.76. The Morgan fingerprint density at radius 1 is 1.06 bits per heavy atom. The van der Waals surface area contributed by atoms with Crippen molar-refractivity contribution in [2.24, 2.45) is 0 Å². The van der Waals surface area contributed by atoms with Crippen LogP contribution in [0.5, 0.6) is 0 Å². The van der Waals surface area contributed by atoms with Gasteiger partial charge in [0.1, 0.15) is 0 Å². The summed E-state index contributed by atoms with van der Waals surface area (Å²) < 4.78 is 0. The molecule has 0 aromatic carbocycles. The third-order valence-electron chi connectivity index (χ3n) is 4.47. The Kier molecular flexibility index (Phi) is 2.97. The van der Waals surface area contributed by atoms with Gasteiger partial charge in [-0.25, -0.2) is 0 Å². The first-order valence-corrected chi connectivity index (χ1v) is 6.79. The monoisotopic (exact) mass is 233 g/mol. The van der Waals surface area contributed by atoms with Gasteiger partial charge in [-0.1, -0.05) is 6.08 Å². The Labute approximate surface area is 104 Å². The average Bonchev–Trinajstić information content (AvgIpc) is 2.73. The highest BCUT2D eigenvalue weighted by Crippen LogP contribution is 2.33. The molecule has 0 N–H and O–H groups in total. The molecule has 2 aliphatic heterocycles. The molecule has 0 spiro atoms. The summed E-state index contributed by atoms with van der Waals surface area (Å²) in [5.74, 6) is 0. The molecule has 3 rings (SSSR count). The van der Waals surface area contributed by atoms with Gasteiger partial charge in [0.05, 0.1) is 0 Å². The molecule has 3 nitrogen and oxygen atoms in total. The smallest absolute Gasteiger partial charge is 0.0369 e. The SMILES string of the molecule is CN1CCN(C2CC=CC3=C2CCN3C)CC1. The van der Waals surface area contributed by atoms with E-state index in [9.17, 15) is 0 Å². The van der Waals surface area contributed by atoms with E-state index in [2.05, 4.69) is 40.9 Å². The quantitative estimate of drug-likeness (QED) is 0.673. The second-order valence-corrected chi connectivity index (χ2v) is 5.58. The molecule has 0 bridgehead atoms. The Bertz CT molecular complexity index is 350. The minimum Gasteiger partial charge on any atom is -0.374 e. The maximum Gasteiger partial charge on any atom is 0.0369 e. The zero-order chi connectivity index (χ0) is 11.8. The van der Waals surface area contributed by atoms with Crippen LogP contribution in [0.25, 0.3) is 0 Å². The molecule has 0 radical (unpaired) electrons. The lowest BCUT2D eigenvalue weighted by atomic mass is 9.94. The number of rotatable bonds is 1. The molecule has 0 amide bonds. The summed E-state index contributed by atoms with van der Waals surface area (Å²) in [7, 11) is 4.45. The third kappa shape index (κ3) is 2.02. The van der Waals surface area contributed by atoms with Crippen LogP contribution in [-0.2, 0) is 0 Å². The molecule has 0 aromatic rings. The van der Waals surface area contributed by atoms with Crippen molar-refractivity contribution in [1.29, 1.82) is 0 Å². The van der Waals surface area contributed by atoms with Crippen molar-refractivity contribution in [2.75, 3.05) is 46.8 Å². The van der Waals surface area contributed by atoms with Crippen molar-refractivity contribution in [1.82, 2.24) is 14.7 Å². The standard InChI is InChI=1S/C14H23N3/c1-15-8-10-17(11-9-15)14-5-3-4-13-12(14)6-7-16(13)2/h3-4,14H,5-11H2,1-2H3. The average molecular weight is 233 g/mol. The molecule has 2 heterocycles. The first-order valence-electron chi connectivity index (χ1n) is 6.79. The molecule has 0 aromatic heterocycles. The molecule has 1 saturated heterocycles. The van der Waals surface area contributed by atoms with Crippen LogP contribution in [0, 0.1) is 0 Å². The maximum atomic E-state index is 2.69. The molecule has 94 valence electrons. The van der Waals surface area contributed by atoms with E-state index in [0.29, 0.717) is 6.04 Å². The Morgan fingerprint density at radius 3 is 2.59 bits per heavy atom. The summed E-state index contributed by atoms with van der Waals surface area (Å²) in [6.45, 7) is 6.11. The van der Waals surface area contributed by atoms with Gasteiger partial charge in [0, 0.05) is 51.5 Å². The summed E-state index contributed by atoms with van der Waals surface area (Å²) in [6.07, 6.45) is 7.18. The fourth-order valence-electron chi connectivity index (χ4n) is 3.31. The van der Waals surface area contributed by atoms with E-state index in [0.717, 1.165) is 0 Å². The van der Waals surface area contributed by atoms with Crippen LogP contribution in [0.2, 0.25) is 0 Å². The Morgan fingerprint density at radius 2 is 1.82 bits per heavy atom. The lowest BCUT2D eigenvalue weighted by molar-refractivity contribution is 0.124. The number of hydrogen-bond acceptors (Lipinski definition) is 3. The topological polar surface area (TPSA) is 9.72 Å². The van der Waals surface area contributed by atoms with Gasteiger partial charge >= 0.3 is 0 Å². The summed E-state index contributed by atoms with van der Waals surface area (Å²) in [6, 6.07) is 0.689. The number of allylic oxidation sites excluding steroid dienone is 1. The molecule has 1 fully saturated rings. The minimum absolute atomic E-state index is 0.689. The van der Waals surface area contributed by atoms with Crippen molar-refractivity contribution < 1.29 is 0 Å². The second kappa shape index (κ2) is 4.46. The maximum absolute atomic E-state index is 2.69. The lowest BCUT2D eigenvalue weighted by Gasteiger charge is -2.39. The van der Waals surface area contributed by atoms with Crippen LogP contribution in [-0.4, -0.2) is 67.6 Å². The molecular formula is C14H23N3. The summed E-state index contributed by atoms with van der Waals surface area (Å²) in [5, 5.41) is 0. The fourth-order valence-corrected chi connectivity index (χ4v) is 3.31. The van der Waals surface area contributed by atoms with E-state index >= 15 is 0 Å². The molecule has 17 heavy (non-hydrogen) atoms. The van der Waals surface area contributed by atoms with E-state index < -0.39 is 0 Å². The lowest BCUT2D eigenvalue weighted by Crippen LogP contribution is -2.49. The highest BCUT2D eigenvalue weighted by atomic mass is 15.3. The van der Waals surface area contributed by atoms with E-state index in [1.54, 1.807) is 5.57 Å². The van der Waals surface area contributed by atoms with Gasteiger partial charge < -0.3 is 9.80 Å². The normalized spacial score (nSPS) is 31.2. The first kappa shape index (κ1) is 11.3. The van der Waals surface area contributed by atoms with Gasteiger partial charge in [-0.15, -0.1) is 0 Å². The van der Waals surface area contributed by atoms with Crippen molar-refractivity contribution in [2.45, 2.75) is 18.9 Å². The largest absolute Gasteiger partial charge is 0.374 e. The van der Waals surface area contributed by atoms with Crippen LogP contribution in [0.3, 0.4) is 0 Å². The van der Waals surface area contributed by atoms with Crippen LogP contribution < -0.4 is 0 Å². The van der Waals surface area contributed by atoms with Gasteiger partial charge in [0.25, 0.3) is 0 Å². The number of hydrogen-bond donors (Lipinski definition) is 0. The molecule has 3 heteroatoms. The molecular weight excluding hydrogens is 210 g/mol. The molecule has 3 aliphatic rings. The van der Waals surface area contributed by atoms with E-state index in [1.807, 2.05) is 0 Å². The van der Waals surface area contributed by atoms with E-state index in [4.69, 9.17) is 0 Å². The first-order chi connectivity index (χ1) is 8.25. The highest BCUT2D eigenvalue weighted by Gasteiger charge is 2.31. The van der Waals surface area contributed by atoms with Crippen LogP contribution in [0.4, 0.5) is 0 Å². The van der Waals surface area contributed by atoms with E-state index in [-0.39, 0.29) is 0 Å². The molecule has 0 saturated carbocycles. The summed E-state index contributed by atoms with van der Waals surface area (Å²) in [5.41, 5.74) is 3.19. The summed E-state index contributed by atoms with van der Waals surface area (Å²) in [4.78, 5) is 7.54. The van der Waals surface area contributed by atoms with Crippen LogP contribution in [0.1, 0.15) is 12.8 Å². The van der Waals surface area contributed by atoms with Gasteiger partial charge in [-0.2, -0.15) is 0 Å². The number of piperazine rings is 1. The second-order valence-electron chi connectivity index (χ2n) is 5.58. The highest BCUT2D eigenvalue weighted by molar-refractivity contribution is 5.36. The third-order valence-corrected chi connectivity index (χ3v) is 4.47. The van der Waals surface area contributed by atoms with Crippen molar-refractivity contribution in [3.8, 4) is 0 Å². The summed E-state index contributed by atoms with van der Waals surface area (Å²) >= 11 is 0.